The summed E-state index contributed by atoms with van der Waals surface area (Å²) in [6, 6.07) is 21.7. The van der Waals surface area contributed by atoms with Gasteiger partial charge in [-0.3, -0.25) is 9.78 Å². The second kappa shape index (κ2) is 8.96. The van der Waals surface area contributed by atoms with Crippen LogP contribution in [0.1, 0.15) is 22.3 Å². The molecule has 1 aliphatic heterocycles. The van der Waals surface area contributed by atoms with Crippen molar-refractivity contribution in [1.82, 2.24) is 9.97 Å². The predicted octanol–water partition coefficient (Wildman–Crippen LogP) is 5.90. The van der Waals surface area contributed by atoms with Crippen LogP contribution in [-0.4, -0.2) is 27.7 Å². The number of nitrogens with zero attached hydrogens (tertiary/aromatic N) is 2. The third kappa shape index (κ3) is 3.90. The van der Waals surface area contributed by atoms with Crippen molar-refractivity contribution < 1.29 is 19.4 Å². The maximum absolute atomic E-state index is 11.9. The summed E-state index contributed by atoms with van der Waals surface area (Å²) in [6.07, 6.45) is 2.54. The van der Waals surface area contributed by atoms with Crippen LogP contribution in [0.25, 0.3) is 32.9 Å². The number of fused-ring (bicyclic) bond motifs is 1. The zero-order chi connectivity index (χ0) is 24.6. The molecule has 1 aliphatic rings. The molecule has 0 atom stereocenters. The van der Waals surface area contributed by atoms with Crippen molar-refractivity contribution in [2.24, 2.45) is 0 Å². The van der Waals surface area contributed by atoms with E-state index >= 15 is 0 Å². The Morgan fingerprint density at radius 3 is 2.78 bits per heavy atom. The van der Waals surface area contributed by atoms with Gasteiger partial charge in [-0.05, 0) is 65.1 Å². The molecule has 36 heavy (non-hydrogen) atoms. The molecule has 1 N–H and O–H groups in total. The summed E-state index contributed by atoms with van der Waals surface area (Å²) >= 11 is 0. The van der Waals surface area contributed by atoms with Gasteiger partial charge in [-0.15, -0.1) is 0 Å². The van der Waals surface area contributed by atoms with Crippen LogP contribution in [0.15, 0.2) is 72.9 Å². The number of aromatic nitrogens is 2. The van der Waals surface area contributed by atoms with Crippen LogP contribution in [0.5, 0.6) is 11.6 Å². The number of carboxylic acids is 1. The van der Waals surface area contributed by atoms with Crippen LogP contribution in [0.2, 0.25) is 0 Å². The van der Waals surface area contributed by atoms with Gasteiger partial charge >= 0.3 is 5.97 Å². The maximum atomic E-state index is 11.9. The van der Waals surface area contributed by atoms with Crippen molar-refractivity contribution in [3.05, 3.63) is 95.2 Å². The highest BCUT2D eigenvalue weighted by Gasteiger charge is 2.22. The molecule has 3 heterocycles. The van der Waals surface area contributed by atoms with E-state index in [9.17, 15) is 9.90 Å². The van der Waals surface area contributed by atoms with E-state index in [2.05, 4.69) is 0 Å². The summed E-state index contributed by atoms with van der Waals surface area (Å²) in [5.74, 6) is 0.453. The molecule has 0 amide bonds. The summed E-state index contributed by atoms with van der Waals surface area (Å²) in [4.78, 5) is 21.4. The van der Waals surface area contributed by atoms with Gasteiger partial charge in [0.15, 0.2) is 0 Å². The smallest absolute Gasteiger partial charge is 0.307 e. The van der Waals surface area contributed by atoms with E-state index in [1.807, 2.05) is 79.9 Å². The fourth-order valence-electron chi connectivity index (χ4n) is 5.03. The van der Waals surface area contributed by atoms with Crippen molar-refractivity contribution in [2.45, 2.75) is 26.4 Å². The Morgan fingerprint density at radius 2 is 1.94 bits per heavy atom. The number of hydrogen-bond acceptors (Lipinski definition) is 5. The lowest BCUT2D eigenvalue weighted by Gasteiger charge is -2.21. The van der Waals surface area contributed by atoms with E-state index in [1.54, 1.807) is 0 Å². The highest BCUT2D eigenvalue weighted by Crippen LogP contribution is 2.42. The van der Waals surface area contributed by atoms with E-state index in [-0.39, 0.29) is 6.42 Å². The third-order valence-corrected chi connectivity index (χ3v) is 6.70. The number of carbonyl (C=O) groups is 1. The van der Waals surface area contributed by atoms with E-state index in [0.717, 1.165) is 61.8 Å². The van der Waals surface area contributed by atoms with E-state index in [1.165, 1.54) is 5.56 Å². The Hall–Kier alpha value is -4.45. The molecule has 0 saturated heterocycles. The molecular formula is C30H24N2O4. The van der Waals surface area contributed by atoms with Crippen LogP contribution in [0.3, 0.4) is 0 Å². The van der Waals surface area contributed by atoms with Crippen molar-refractivity contribution in [3.63, 3.8) is 0 Å². The number of aliphatic carboxylic acids is 1. The molecule has 0 spiro atoms. The van der Waals surface area contributed by atoms with Crippen molar-refractivity contribution >= 4 is 27.8 Å². The van der Waals surface area contributed by atoms with Crippen molar-refractivity contribution in [3.8, 4) is 22.8 Å². The number of aryl methyl sites for hydroxylation is 1. The number of benzene rings is 3. The topological polar surface area (TPSA) is 81.5 Å². The van der Waals surface area contributed by atoms with Crippen LogP contribution in [-0.2, 0) is 24.2 Å². The summed E-state index contributed by atoms with van der Waals surface area (Å²) in [6.45, 7) is 2.99. The average Bonchev–Trinajstić information content (AvgIpc) is 2.89. The Morgan fingerprint density at radius 1 is 1.08 bits per heavy atom. The molecular weight excluding hydrogens is 452 g/mol. The molecule has 0 bridgehead atoms. The summed E-state index contributed by atoms with van der Waals surface area (Å²) in [7, 11) is 0. The maximum Gasteiger partial charge on any atom is 0.307 e. The highest BCUT2D eigenvalue weighted by atomic mass is 16.5. The zero-order valence-corrected chi connectivity index (χ0v) is 19.8. The Balaban J connectivity index is 1.54. The molecule has 0 radical (unpaired) electrons. The SMILES string of the molecule is Cc1cc2nc(OCc3ccccc3)ccc2c(-c2ccc3c4c(ccnc24)CCO3)c1CC(=O)O. The van der Waals surface area contributed by atoms with E-state index < -0.39 is 5.97 Å². The van der Waals surface area contributed by atoms with Gasteiger partial charge in [0, 0.05) is 35.0 Å². The second-order valence-corrected chi connectivity index (χ2v) is 9.01. The van der Waals surface area contributed by atoms with Gasteiger partial charge < -0.3 is 14.6 Å². The number of ether oxygens (including phenoxy) is 2. The first-order chi connectivity index (χ1) is 17.6. The minimum absolute atomic E-state index is 0.0944. The lowest BCUT2D eigenvalue weighted by Crippen LogP contribution is -2.10. The number of rotatable bonds is 6. The van der Waals surface area contributed by atoms with Crippen molar-refractivity contribution in [1.29, 1.82) is 0 Å². The third-order valence-electron chi connectivity index (χ3n) is 6.70. The van der Waals surface area contributed by atoms with Crippen LogP contribution < -0.4 is 9.47 Å². The molecule has 6 rings (SSSR count). The molecule has 0 aliphatic carbocycles. The lowest BCUT2D eigenvalue weighted by atomic mass is 9.88. The van der Waals surface area contributed by atoms with Crippen LogP contribution in [0.4, 0.5) is 0 Å². The van der Waals surface area contributed by atoms with Gasteiger partial charge in [0.1, 0.15) is 12.4 Å². The summed E-state index contributed by atoms with van der Waals surface area (Å²) < 4.78 is 11.9. The fourth-order valence-corrected chi connectivity index (χ4v) is 5.03. The van der Waals surface area contributed by atoms with Gasteiger partial charge in [-0.2, -0.15) is 0 Å². The number of carboxylic acid groups (broad SMARTS) is 1. The monoisotopic (exact) mass is 476 g/mol. The second-order valence-electron chi connectivity index (χ2n) is 9.01. The molecule has 6 nitrogen and oxygen atoms in total. The first kappa shape index (κ1) is 22.0. The standard InChI is InChI=1S/C30H24N2O4/c1-18-15-24-21(8-10-26(32-24)36-17-19-5-3-2-4-6-19)29(23(18)16-27(33)34)22-7-9-25-28-20(12-14-35-25)11-13-31-30(22)28/h2-11,13,15H,12,14,16-17H2,1H3,(H,33,34). The minimum atomic E-state index is -0.881. The fraction of sp³-hybridized carbons (Fsp3) is 0.167. The highest BCUT2D eigenvalue weighted by molar-refractivity contribution is 6.07. The Bertz CT molecular complexity index is 1620. The first-order valence-corrected chi connectivity index (χ1v) is 11.9. The van der Waals surface area contributed by atoms with Gasteiger partial charge in [-0.25, -0.2) is 4.98 Å². The largest absolute Gasteiger partial charge is 0.493 e. The number of pyridine rings is 2. The molecule has 178 valence electrons. The summed E-state index contributed by atoms with van der Waals surface area (Å²) in [5.41, 5.74) is 7.16. The van der Waals surface area contributed by atoms with E-state index in [4.69, 9.17) is 19.4 Å². The molecule has 5 aromatic rings. The molecule has 6 heteroatoms. The molecule has 3 aromatic carbocycles. The van der Waals surface area contributed by atoms with Gasteiger partial charge in [0.25, 0.3) is 0 Å². The lowest BCUT2D eigenvalue weighted by molar-refractivity contribution is -0.136. The van der Waals surface area contributed by atoms with E-state index in [0.29, 0.717) is 19.1 Å². The van der Waals surface area contributed by atoms with Crippen molar-refractivity contribution in [2.75, 3.05) is 6.61 Å². The minimum Gasteiger partial charge on any atom is -0.493 e. The molecule has 0 fully saturated rings. The van der Waals surface area contributed by atoms with Crippen LogP contribution >= 0.6 is 0 Å². The zero-order valence-electron chi connectivity index (χ0n) is 19.8. The quantitative estimate of drug-likeness (QED) is 0.329. The first-order valence-electron chi connectivity index (χ1n) is 11.9. The molecule has 2 aromatic heterocycles. The Labute approximate surface area is 208 Å². The molecule has 0 saturated carbocycles. The van der Waals surface area contributed by atoms with Gasteiger partial charge in [0.2, 0.25) is 5.88 Å². The Kier molecular flexibility index (Phi) is 5.49. The predicted molar refractivity (Wildman–Crippen MR) is 139 cm³/mol. The average molecular weight is 477 g/mol. The number of hydrogen-bond donors (Lipinski definition) is 1. The van der Waals surface area contributed by atoms with Crippen LogP contribution in [0, 0.1) is 6.92 Å². The van der Waals surface area contributed by atoms with Gasteiger partial charge in [-0.1, -0.05) is 30.3 Å². The molecule has 0 unspecified atom stereocenters. The van der Waals surface area contributed by atoms with Gasteiger partial charge in [0.05, 0.1) is 24.1 Å². The summed E-state index contributed by atoms with van der Waals surface area (Å²) in [5, 5.41) is 11.6. The normalized spacial score (nSPS) is 12.5.